The minimum atomic E-state index is -4.43. The molecule has 20 heavy (non-hydrogen) atoms. The first-order chi connectivity index (χ1) is 9.16. The molecule has 0 aromatic heterocycles. The first-order valence-electron chi connectivity index (χ1n) is 6.35. The maximum atomic E-state index is 12.8. The van der Waals surface area contributed by atoms with Gasteiger partial charge in [-0.3, -0.25) is 4.79 Å². The van der Waals surface area contributed by atoms with Crippen molar-refractivity contribution < 1.29 is 18.0 Å². The molecule has 1 aromatic rings. The molecule has 0 saturated carbocycles. The topological polar surface area (TPSA) is 55.1 Å². The molecule has 1 rings (SSSR count). The molecular formula is C14H19F3N2O. The van der Waals surface area contributed by atoms with Crippen molar-refractivity contribution in [3.8, 4) is 0 Å². The number of nitrogens with two attached hydrogens (primary N) is 1. The highest BCUT2D eigenvalue weighted by molar-refractivity contribution is 5.93. The maximum absolute atomic E-state index is 12.8. The molecule has 0 fully saturated rings. The summed E-state index contributed by atoms with van der Waals surface area (Å²) in [4.78, 5) is 12.0. The summed E-state index contributed by atoms with van der Waals surface area (Å²) < 4.78 is 38.4. The van der Waals surface area contributed by atoms with Gasteiger partial charge in [0.15, 0.2) is 0 Å². The lowest BCUT2D eigenvalue weighted by Gasteiger charge is -2.19. The number of hydrogen-bond donors (Lipinski definition) is 2. The second-order valence-corrected chi connectivity index (χ2v) is 5.10. The fourth-order valence-corrected chi connectivity index (χ4v) is 1.92. The lowest BCUT2D eigenvalue weighted by Crippen LogP contribution is -2.33. The SMILES string of the molecule is Cc1ccc(NC(=O)C(CN)C(C)C)cc1C(F)(F)F. The molecule has 3 nitrogen and oxygen atoms in total. The van der Waals surface area contributed by atoms with Crippen LogP contribution < -0.4 is 11.1 Å². The lowest BCUT2D eigenvalue weighted by atomic mass is 9.95. The van der Waals surface area contributed by atoms with Crippen molar-refractivity contribution in [2.75, 3.05) is 11.9 Å². The molecule has 0 bridgehead atoms. The number of halogens is 3. The summed E-state index contributed by atoms with van der Waals surface area (Å²) in [5.74, 6) is -0.766. The highest BCUT2D eigenvalue weighted by atomic mass is 19.4. The molecule has 1 unspecified atom stereocenters. The Morgan fingerprint density at radius 2 is 1.95 bits per heavy atom. The van der Waals surface area contributed by atoms with Crippen molar-refractivity contribution in [3.63, 3.8) is 0 Å². The van der Waals surface area contributed by atoms with Crippen molar-refractivity contribution >= 4 is 11.6 Å². The quantitative estimate of drug-likeness (QED) is 0.894. The summed E-state index contributed by atoms with van der Waals surface area (Å²) in [7, 11) is 0. The Kier molecular flexibility index (Phi) is 5.16. The van der Waals surface area contributed by atoms with Crippen molar-refractivity contribution in [1.29, 1.82) is 0 Å². The Morgan fingerprint density at radius 1 is 1.35 bits per heavy atom. The predicted molar refractivity (Wildman–Crippen MR) is 72.2 cm³/mol. The molecule has 0 heterocycles. The number of carbonyl (C=O) groups is 1. The van der Waals surface area contributed by atoms with Crippen LogP contribution in [0.2, 0.25) is 0 Å². The van der Waals surface area contributed by atoms with E-state index in [-0.39, 0.29) is 29.6 Å². The molecule has 112 valence electrons. The third-order valence-corrected chi connectivity index (χ3v) is 3.21. The second-order valence-electron chi connectivity index (χ2n) is 5.10. The third kappa shape index (κ3) is 3.96. The Morgan fingerprint density at radius 3 is 2.40 bits per heavy atom. The minimum Gasteiger partial charge on any atom is -0.330 e. The number of rotatable bonds is 4. The van der Waals surface area contributed by atoms with Crippen LogP contribution >= 0.6 is 0 Å². The van der Waals surface area contributed by atoms with Crippen molar-refractivity contribution in [2.24, 2.45) is 17.6 Å². The van der Waals surface area contributed by atoms with Crippen LogP contribution in [0.15, 0.2) is 18.2 Å². The Balaban J connectivity index is 2.97. The van der Waals surface area contributed by atoms with Gasteiger partial charge in [-0.15, -0.1) is 0 Å². The van der Waals surface area contributed by atoms with Gasteiger partial charge in [-0.2, -0.15) is 13.2 Å². The molecule has 0 radical (unpaired) electrons. The number of benzene rings is 1. The zero-order valence-corrected chi connectivity index (χ0v) is 11.7. The summed E-state index contributed by atoms with van der Waals surface area (Å²) in [6.07, 6.45) is -4.43. The molecule has 3 N–H and O–H groups in total. The number of hydrogen-bond acceptors (Lipinski definition) is 2. The van der Waals surface area contributed by atoms with Gasteiger partial charge in [-0.1, -0.05) is 19.9 Å². The van der Waals surface area contributed by atoms with Gasteiger partial charge in [0.2, 0.25) is 5.91 Å². The zero-order chi connectivity index (χ0) is 15.5. The number of anilines is 1. The largest absolute Gasteiger partial charge is 0.416 e. The zero-order valence-electron chi connectivity index (χ0n) is 11.7. The standard InChI is InChI=1S/C14H19F3N2O/c1-8(2)11(7-18)13(20)19-10-5-4-9(3)12(6-10)14(15,16)17/h4-6,8,11H,7,18H2,1-3H3,(H,19,20). The normalized spacial score (nSPS) is 13.4. The van der Waals surface area contributed by atoms with E-state index in [9.17, 15) is 18.0 Å². The molecule has 0 aliphatic carbocycles. The molecule has 0 aliphatic heterocycles. The van der Waals surface area contributed by atoms with Gasteiger partial charge in [0.25, 0.3) is 0 Å². The lowest BCUT2D eigenvalue weighted by molar-refractivity contribution is -0.138. The number of amides is 1. The van der Waals surface area contributed by atoms with Gasteiger partial charge in [-0.25, -0.2) is 0 Å². The molecule has 1 amide bonds. The Labute approximate surface area is 116 Å². The molecule has 0 aliphatic rings. The van der Waals surface area contributed by atoms with E-state index in [2.05, 4.69) is 5.32 Å². The van der Waals surface area contributed by atoms with Crippen molar-refractivity contribution in [2.45, 2.75) is 26.9 Å². The molecule has 1 aromatic carbocycles. The summed E-state index contributed by atoms with van der Waals surface area (Å²) in [5.41, 5.74) is 5.02. The van der Waals surface area contributed by atoms with Crippen LogP contribution in [0, 0.1) is 18.8 Å². The molecule has 0 spiro atoms. The van der Waals surface area contributed by atoms with E-state index in [1.165, 1.54) is 19.1 Å². The molecule has 1 atom stereocenters. The number of alkyl halides is 3. The molecule has 6 heteroatoms. The van der Waals surface area contributed by atoms with Crippen molar-refractivity contribution in [1.82, 2.24) is 0 Å². The maximum Gasteiger partial charge on any atom is 0.416 e. The van der Waals surface area contributed by atoms with Crippen LogP contribution in [-0.2, 0) is 11.0 Å². The summed E-state index contributed by atoms with van der Waals surface area (Å²) >= 11 is 0. The second kappa shape index (κ2) is 6.26. The molecule has 0 saturated heterocycles. The predicted octanol–water partition coefficient (Wildman–Crippen LogP) is 3.18. The van der Waals surface area contributed by atoms with Crippen LogP contribution in [0.1, 0.15) is 25.0 Å². The van der Waals surface area contributed by atoms with Crippen LogP contribution in [0.3, 0.4) is 0 Å². The van der Waals surface area contributed by atoms with E-state index in [1.807, 2.05) is 13.8 Å². The van der Waals surface area contributed by atoms with E-state index < -0.39 is 17.7 Å². The van der Waals surface area contributed by atoms with Crippen molar-refractivity contribution in [3.05, 3.63) is 29.3 Å². The fourth-order valence-electron chi connectivity index (χ4n) is 1.92. The van der Waals surface area contributed by atoms with Crippen LogP contribution in [0.4, 0.5) is 18.9 Å². The summed E-state index contributed by atoms with van der Waals surface area (Å²) in [5, 5.41) is 2.50. The van der Waals surface area contributed by atoms with Crippen LogP contribution in [0.25, 0.3) is 0 Å². The number of aryl methyl sites for hydroxylation is 1. The monoisotopic (exact) mass is 288 g/mol. The van der Waals surface area contributed by atoms with E-state index in [0.29, 0.717) is 0 Å². The minimum absolute atomic E-state index is 0.0209. The van der Waals surface area contributed by atoms with Crippen LogP contribution in [-0.4, -0.2) is 12.5 Å². The van der Waals surface area contributed by atoms with Gasteiger partial charge in [0, 0.05) is 12.2 Å². The molecular weight excluding hydrogens is 269 g/mol. The highest BCUT2D eigenvalue weighted by Crippen LogP contribution is 2.33. The number of nitrogens with one attached hydrogen (secondary N) is 1. The first-order valence-corrected chi connectivity index (χ1v) is 6.35. The van der Waals surface area contributed by atoms with E-state index in [0.717, 1.165) is 6.07 Å². The third-order valence-electron chi connectivity index (χ3n) is 3.21. The van der Waals surface area contributed by atoms with Gasteiger partial charge in [0.1, 0.15) is 0 Å². The Bertz CT molecular complexity index is 484. The fraction of sp³-hybridized carbons (Fsp3) is 0.500. The van der Waals surface area contributed by atoms with E-state index in [4.69, 9.17) is 5.73 Å². The smallest absolute Gasteiger partial charge is 0.330 e. The van der Waals surface area contributed by atoms with E-state index in [1.54, 1.807) is 0 Å². The summed E-state index contributed by atoms with van der Waals surface area (Å²) in [6.45, 7) is 5.22. The van der Waals surface area contributed by atoms with E-state index >= 15 is 0 Å². The van der Waals surface area contributed by atoms with Gasteiger partial charge < -0.3 is 11.1 Å². The average Bonchev–Trinajstić information content (AvgIpc) is 2.30. The summed E-state index contributed by atoms with van der Waals surface area (Å²) in [6, 6.07) is 3.74. The van der Waals surface area contributed by atoms with Gasteiger partial charge in [-0.05, 0) is 30.5 Å². The van der Waals surface area contributed by atoms with Crippen LogP contribution in [0.5, 0.6) is 0 Å². The first kappa shape index (κ1) is 16.5. The van der Waals surface area contributed by atoms with Gasteiger partial charge in [0.05, 0.1) is 11.5 Å². The van der Waals surface area contributed by atoms with Gasteiger partial charge >= 0.3 is 6.18 Å². The Hall–Kier alpha value is -1.56. The average molecular weight is 288 g/mol. The number of carbonyl (C=O) groups excluding carboxylic acids is 1. The highest BCUT2D eigenvalue weighted by Gasteiger charge is 2.32.